The van der Waals surface area contributed by atoms with Gasteiger partial charge in [-0.3, -0.25) is 4.79 Å². The summed E-state index contributed by atoms with van der Waals surface area (Å²) in [5.41, 5.74) is 9.51. The standard InChI is InChI=1S/C18H18N4OS2/c1-11-8-9-12(2)14(10-11)20-16(23)15(13-6-4-3-5-7-13)24-18-22-21-17(19)25-18/h3-10,15H,1-2H3,(H2,19,21)(H,20,23)/t15-/m1/s1. The third-order valence-corrected chi connectivity index (χ3v) is 5.72. The van der Waals surface area contributed by atoms with Gasteiger partial charge in [0.25, 0.3) is 0 Å². The Bertz CT molecular complexity index is 880. The van der Waals surface area contributed by atoms with Crippen molar-refractivity contribution in [3.63, 3.8) is 0 Å². The van der Waals surface area contributed by atoms with Gasteiger partial charge in [0.15, 0.2) is 4.34 Å². The first kappa shape index (κ1) is 17.4. The zero-order valence-electron chi connectivity index (χ0n) is 13.9. The van der Waals surface area contributed by atoms with Gasteiger partial charge >= 0.3 is 0 Å². The molecule has 2 aromatic carbocycles. The van der Waals surface area contributed by atoms with Crippen molar-refractivity contribution in [3.8, 4) is 0 Å². The van der Waals surface area contributed by atoms with Crippen molar-refractivity contribution < 1.29 is 4.79 Å². The van der Waals surface area contributed by atoms with E-state index in [-0.39, 0.29) is 5.91 Å². The van der Waals surface area contributed by atoms with Crippen molar-refractivity contribution in [3.05, 3.63) is 65.2 Å². The molecule has 0 aliphatic heterocycles. The second kappa shape index (κ2) is 7.67. The highest BCUT2D eigenvalue weighted by Crippen LogP contribution is 2.38. The lowest BCUT2D eigenvalue weighted by Crippen LogP contribution is -2.19. The van der Waals surface area contributed by atoms with Crippen LogP contribution in [0.15, 0.2) is 52.9 Å². The van der Waals surface area contributed by atoms with Gasteiger partial charge in [-0.25, -0.2) is 0 Å². The molecule has 3 aromatic rings. The number of hydrogen-bond donors (Lipinski definition) is 2. The summed E-state index contributed by atoms with van der Waals surface area (Å²) < 4.78 is 0.669. The minimum absolute atomic E-state index is 0.0985. The maximum absolute atomic E-state index is 13.0. The van der Waals surface area contributed by atoms with Crippen LogP contribution in [0.4, 0.5) is 10.8 Å². The van der Waals surface area contributed by atoms with Gasteiger partial charge in [-0.05, 0) is 36.6 Å². The Hall–Kier alpha value is -2.38. The molecule has 1 amide bonds. The summed E-state index contributed by atoms with van der Waals surface area (Å²) in [4.78, 5) is 13.0. The normalized spacial score (nSPS) is 11.9. The molecule has 5 nitrogen and oxygen atoms in total. The number of thioether (sulfide) groups is 1. The van der Waals surface area contributed by atoms with E-state index in [0.29, 0.717) is 9.47 Å². The maximum atomic E-state index is 13.0. The first-order chi connectivity index (χ1) is 12.0. The van der Waals surface area contributed by atoms with Crippen molar-refractivity contribution in [2.75, 3.05) is 11.1 Å². The van der Waals surface area contributed by atoms with E-state index in [4.69, 9.17) is 5.73 Å². The summed E-state index contributed by atoms with van der Waals surface area (Å²) in [7, 11) is 0. The summed E-state index contributed by atoms with van der Waals surface area (Å²) in [5.74, 6) is -0.0985. The first-order valence-corrected chi connectivity index (χ1v) is 9.41. The van der Waals surface area contributed by atoms with Gasteiger partial charge in [-0.15, -0.1) is 10.2 Å². The number of aryl methyl sites for hydroxylation is 2. The number of rotatable bonds is 5. The van der Waals surface area contributed by atoms with Crippen LogP contribution in [0, 0.1) is 13.8 Å². The van der Waals surface area contributed by atoms with Gasteiger partial charge in [0.1, 0.15) is 5.25 Å². The molecule has 0 aliphatic rings. The number of hydrogen-bond acceptors (Lipinski definition) is 6. The SMILES string of the molecule is Cc1ccc(C)c(NC(=O)[C@H](Sc2nnc(N)s2)c2ccccc2)c1. The Morgan fingerprint density at radius 3 is 2.60 bits per heavy atom. The second-order valence-corrected chi connectivity index (χ2v) is 7.98. The lowest BCUT2D eigenvalue weighted by Gasteiger charge is -2.17. The van der Waals surface area contributed by atoms with Crippen LogP contribution in [0.25, 0.3) is 0 Å². The Labute approximate surface area is 154 Å². The number of amides is 1. The van der Waals surface area contributed by atoms with Crippen LogP contribution < -0.4 is 11.1 Å². The van der Waals surface area contributed by atoms with E-state index in [2.05, 4.69) is 15.5 Å². The minimum Gasteiger partial charge on any atom is -0.374 e. The average molecular weight is 371 g/mol. The number of aromatic nitrogens is 2. The smallest absolute Gasteiger partial charge is 0.242 e. The highest BCUT2D eigenvalue weighted by atomic mass is 32.2. The fourth-order valence-electron chi connectivity index (χ4n) is 2.34. The summed E-state index contributed by atoms with van der Waals surface area (Å²) in [5, 5.41) is 10.9. The van der Waals surface area contributed by atoms with Gasteiger partial charge in [0.2, 0.25) is 11.0 Å². The van der Waals surface area contributed by atoms with Gasteiger partial charge in [-0.1, -0.05) is 65.6 Å². The minimum atomic E-state index is -0.437. The van der Waals surface area contributed by atoms with Crippen LogP contribution in [0.5, 0.6) is 0 Å². The molecule has 0 radical (unpaired) electrons. The summed E-state index contributed by atoms with van der Waals surface area (Å²) in [6.07, 6.45) is 0. The zero-order chi connectivity index (χ0) is 17.8. The Balaban J connectivity index is 1.88. The number of benzene rings is 2. The molecular formula is C18H18N4OS2. The van der Waals surface area contributed by atoms with E-state index in [1.54, 1.807) is 0 Å². The quantitative estimate of drug-likeness (QED) is 0.658. The molecule has 0 saturated heterocycles. The van der Waals surface area contributed by atoms with E-state index < -0.39 is 5.25 Å². The molecule has 0 bridgehead atoms. The van der Waals surface area contributed by atoms with Crippen molar-refractivity contribution in [1.82, 2.24) is 10.2 Å². The first-order valence-electron chi connectivity index (χ1n) is 7.71. The predicted molar refractivity (Wildman–Crippen MR) is 104 cm³/mol. The number of nitrogens with two attached hydrogens (primary N) is 1. The molecule has 7 heteroatoms. The highest BCUT2D eigenvalue weighted by molar-refractivity contribution is 8.02. The summed E-state index contributed by atoms with van der Waals surface area (Å²) >= 11 is 2.63. The van der Waals surface area contributed by atoms with Crippen molar-refractivity contribution in [1.29, 1.82) is 0 Å². The largest absolute Gasteiger partial charge is 0.374 e. The number of nitrogen functional groups attached to an aromatic ring is 1. The van der Waals surface area contributed by atoms with Crippen LogP contribution in [0.1, 0.15) is 21.9 Å². The molecule has 0 spiro atoms. The fourth-order valence-corrected chi connectivity index (χ4v) is 4.17. The molecule has 1 heterocycles. The molecule has 0 fully saturated rings. The molecule has 3 N–H and O–H groups in total. The van der Waals surface area contributed by atoms with Crippen LogP contribution in [0.3, 0.4) is 0 Å². The molecule has 0 aliphatic carbocycles. The zero-order valence-corrected chi connectivity index (χ0v) is 15.5. The number of carbonyl (C=O) groups is 1. The maximum Gasteiger partial charge on any atom is 0.242 e. The van der Waals surface area contributed by atoms with Gasteiger partial charge in [0.05, 0.1) is 0 Å². The van der Waals surface area contributed by atoms with E-state index >= 15 is 0 Å². The lowest BCUT2D eigenvalue weighted by molar-refractivity contribution is -0.115. The molecule has 128 valence electrons. The van der Waals surface area contributed by atoms with Crippen LogP contribution in [-0.4, -0.2) is 16.1 Å². The lowest BCUT2D eigenvalue weighted by atomic mass is 10.1. The highest BCUT2D eigenvalue weighted by Gasteiger charge is 2.24. The third-order valence-electron chi connectivity index (χ3n) is 3.63. The number of nitrogens with zero attached hydrogens (tertiary/aromatic N) is 2. The summed E-state index contributed by atoms with van der Waals surface area (Å²) in [6, 6.07) is 15.6. The van der Waals surface area contributed by atoms with E-state index in [1.165, 1.54) is 23.1 Å². The van der Waals surface area contributed by atoms with Gasteiger partial charge in [0, 0.05) is 5.69 Å². The Morgan fingerprint density at radius 1 is 1.16 bits per heavy atom. The topological polar surface area (TPSA) is 80.9 Å². The Kier molecular flexibility index (Phi) is 5.35. The fraction of sp³-hybridized carbons (Fsp3) is 0.167. The van der Waals surface area contributed by atoms with Crippen molar-refractivity contribution >= 4 is 39.8 Å². The molecule has 1 aromatic heterocycles. The van der Waals surface area contributed by atoms with Crippen molar-refractivity contribution in [2.45, 2.75) is 23.4 Å². The molecule has 3 rings (SSSR count). The van der Waals surface area contributed by atoms with Crippen LogP contribution >= 0.6 is 23.1 Å². The van der Waals surface area contributed by atoms with E-state index in [9.17, 15) is 4.79 Å². The van der Waals surface area contributed by atoms with Gasteiger partial charge in [-0.2, -0.15) is 0 Å². The number of anilines is 2. The van der Waals surface area contributed by atoms with Crippen molar-refractivity contribution in [2.24, 2.45) is 0 Å². The van der Waals surface area contributed by atoms with Crippen LogP contribution in [-0.2, 0) is 4.79 Å². The molecule has 0 unspecified atom stereocenters. The van der Waals surface area contributed by atoms with E-state index in [0.717, 1.165) is 22.4 Å². The number of carbonyl (C=O) groups excluding carboxylic acids is 1. The third kappa shape index (κ3) is 4.37. The summed E-state index contributed by atoms with van der Waals surface area (Å²) in [6.45, 7) is 3.98. The monoisotopic (exact) mass is 370 g/mol. The predicted octanol–water partition coefficient (Wildman–Crippen LogP) is 4.21. The van der Waals surface area contributed by atoms with Gasteiger partial charge < -0.3 is 11.1 Å². The molecule has 0 saturated carbocycles. The van der Waals surface area contributed by atoms with Crippen LogP contribution in [0.2, 0.25) is 0 Å². The number of nitrogens with one attached hydrogen (secondary N) is 1. The average Bonchev–Trinajstić information content (AvgIpc) is 3.02. The van der Waals surface area contributed by atoms with E-state index in [1.807, 2.05) is 62.4 Å². The molecule has 25 heavy (non-hydrogen) atoms. The molecular weight excluding hydrogens is 352 g/mol. The Morgan fingerprint density at radius 2 is 1.92 bits per heavy atom. The molecule has 1 atom stereocenters. The second-order valence-electron chi connectivity index (χ2n) is 5.62.